The maximum Gasteiger partial charge on any atom is 0.416 e. The van der Waals surface area contributed by atoms with E-state index in [1.165, 1.54) is 23.0 Å². The minimum absolute atomic E-state index is 0.0703. The number of hydrogen-bond donors (Lipinski definition) is 2. The van der Waals surface area contributed by atoms with Gasteiger partial charge in [-0.3, -0.25) is 14.4 Å². The van der Waals surface area contributed by atoms with Crippen LogP contribution in [0.5, 0.6) is 0 Å². The summed E-state index contributed by atoms with van der Waals surface area (Å²) in [4.78, 5) is 38.1. The van der Waals surface area contributed by atoms with Crippen LogP contribution in [0.3, 0.4) is 0 Å². The number of amides is 2. The minimum Gasteiger partial charge on any atom is -0.464 e. The Kier molecular flexibility index (Phi) is 7.58. The number of aromatic nitrogens is 1. The smallest absolute Gasteiger partial charge is 0.416 e. The van der Waals surface area contributed by atoms with Crippen molar-refractivity contribution in [2.45, 2.75) is 26.2 Å². The molecule has 0 bridgehead atoms. The molecular weight excluding hydrogens is 470 g/mol. The summed E-state index contributed by atoms with van der Waals surface area (Å²) in [6.45, 7) is 4.75. The summed E-state index contributed by atoms with van der Waals surface area (Å²) in [5.74, 6) is -1.58. The first kappa shape index (κ1) is 25.5. The van der Waals surface area contributed by atoms with Crippen LogP contribution in [-0.4, -0.2) is 22.9 Å². The van der Waals surface area contributed by atoms with Crippen molar-refractivity contribution < 1.29 is 31.6 Å². The highest BCUT2D eigenvalue weighted by molar-refractivity contribution is 5.99. The number of carbonyl (C=O) groups excluding carboxylic acids is 2. The zero-order valence-electron chi connectivity index (χ0n) is 18.5. The van der Waals surface area contributed by atoms with Crippen LogP contribution >= 0.6 is 0 Å². The van der Waals surface area contributed by atoms with Crippen molar-refractivity contribution in [2.75, 3.05) is 6.54 Å². The number of alkyl halides is 3. The molecule has 2 N–H and O–H groups in total. The van der Waals surface area contributed by atoms with Gasteiger partial charge in [-0.25, -0.2) is 4.39 Å². The molecule has 7 nitrogen and oxygen atoms in total. The third-order valence-corrected chi connectivity index (χ3v) is 4.92. The topological polar surface area (TPSA) is 93.3 Å². The maximum atomic E-state index is 14.0. The number of furan rings is 1. The van der Waals surface area contributed by atoms with Crippen LogP contribution in [0, 0.1) is 12.7 Å². The lowest BCUT2D eigenvalue weighted by atomic mass is 10.1. The molecule has 0 atom stereocenters. The lowest BCUT2D eigenvalue weighted by Crippen LogP contribution is -2.35. The van der Waals surface area contributed by atoms with E-state index in [1.807, 2.05) is 0 Å². The molecule has 2 heterocycles. The molecule has 0 spiro atoms. The largest absolute Gasteiger partial charge is 0.464 e. The summed E-state index contributed by atoms with van der Waals surface area (Å²) < 4.78 is 59.7. The van der Waals surface area contributed by atoms with E-state index < -0.39 is 52.5 Å². The quantitative estimate of drug-likeness (QED) is 0.370. The highest BCUT2D eigenvalue weighted by Crippen LogP contribution is 2.30. The monoisotopic (exact) mass is 491 g/mol. The molecule has 0 aliphatic carbocycles. The number of nitrogens with zero attached hydrogens (tertiary/aromatic N) is 1. The molecule has 2 aromatic heterocycles. The fourth-order valence-electron chi connectivity index (χ4n) is 3.21. The molecule has 3 rings (SSSR count). The van der Waals surface area contributed by atoms with Gasteiger partial charge in [0.05, 0.1) is 12.1 Å². The molecule has 35 heavy (non-hydrogen) atoms. The fourth-order valence-corrected chi connectivity index (χ4v) is 3.21. The summed E-state index contributed by atoms with van der Waals surface area (Å²) in [7, 11) is 0. The molecule has 0 radical (unpaired) electrons. The summed E-state index contributed by atoms with van der Waals surface area (Å²) in [6, 6.07) is 5.20. The lowest BCUT2D eigenvalue weighted by Gasteiger charge is -2.13. The summed E-state index contributed by atoms with van der Waals surface area (Å²) in [5.41, 5.74) is -3.19. The SMILES string of the molecule is C=CCNC(=O)c1cn(Cc2ccc(C)o2)cc(C(=O)NCc2cc(C(F)(F)F)ccc2F)c1=O. The van der Waals surface area contributed by atoms with Crippen LogP contribution in [0.1, 0.15) is 43.4 Å². The second-order valence-electron chi connectivity index (χ2n) is 7.58. The van der Waals surface area contributed by atoms with Crippen LogP contribution in [0.25, 0.3) is 0 Å². The van der Waals surface area contributed by atoms with Gasteiger partial charge >= 0.3 is 6.18 Å². The predicted octanol–water partition coefficient (Wildman–Crippen LogP) is 3.80. The summed E-state index contributed by atoms with van der Waals surface area (Å²) in [6.07, 6.45) is -0.857. The molecule has 0 saturated carbocycles. The normalized spacial score (nSPS) is 11.2. The van der Waals surface area contributed by atoms with Gasteiger partial charge in [-0.15, -0.1) is 6.58 Å². The third kappa shape index (κ3) is 6.25. The van der Waals surface area contributed by atoms with Gasteiger partial charge < -0.3 is 19.6 Å². The van der Waals surface area contributed by atoms with E-state index in [0.29, 0.717) is 29.7 Å². The Morgan fingerprint density at radius 2 is 1.74 bits per heavy atom. The fraction of sp³-hybridized carbons (Fsp3) is 0.208. The third-order valence-electron chi connectivity index (χ3n) is 4.92. The van der Waals surface area contributed by atoms with Crippen LogP contribution in [0.15, 0.2) is 64.6 Å². The van der Waals surface area contributed by atoms with Gasteiger partial charge in [0.25, 0.3) is 11.8 Å². The molecule has 1 aromatic carbocycles. The van der Waals surface area contributed by atoms with Crippen LogP contribution < -0.4 is 16.1 Å². The van der Waals surface area contributed by atoms with E-state index in [2.05, 4.69) is 17.2 Å². The second-order valence-corrected chi connectivity index (χ2v) is 7.58. The molecule has 11 heteroatoms. The molecule has 0 saturated heterocycles. The Hall–Kier alpha value is -4.15. The minimum atomic E-state index is -4.70. The molecule has 0 aliphatic rings. The standard InChI is InChI=1S/C24H21F4N3O4/c1-3-8-29-22(33)18-12-31(11-17-6-4-14(2)35-17)13-19(21(18)32)23(34)30-10-15-9-16(24(26,27)28)5-7-20(15)25/h3-7,9,12-13H,1,8,10-11H2,2H3,(H,29,33)(H,30,34). The van der Waals surface area contributed by atoms with Gasteiger partial charge in [0.15, 0.2) is 0 Å². The summed E-state index contributed by atoms with van der Waals surface area (Å²) in [5, 5.41) is 4.70. The molecule has 0 aliphatic heterocycles. The second kappa shape index (κ2) is 10.4. The lowest BCUT2D eigenvalue weighted by molar-refractivity contribution is -0.137. The predicted molar refractivity (Wildman–Crippen MR) is 118 cm³/mol. The van der Waals surface area contributed by atoms with Crippen molar-refractivity contribution in [1.29, 1.82) is 0 Å². The van der Waals surface area contributed by atoms with Crippen molar-refractivity contribution in [1.82, 2.24) is 15.2 Å². The van der Waals surface area contributed by atoms with Crippen molar-refractivity contribution >= 4 is 11.8 Å². The maximum absolute atomic E-state index is 14.0. The number of rotatable bonds is 8. The Bertz CT molecular complexity index is 1330. The summed E-state index contributed by atoms with van der Waals surface area (Å²) >= 11 is 0. The van der Waals surface area contributed by atoms with E-state index >= 15 is 0 Å². The number of pyridine rings is 1. The van der Waals surface area contributed by atoms with Gasteiger partial charge in [-0.2, -0.15) is 13.2 Å². The Morgan fingerprint density at radius 3 is 2.31 bits per heavy atom. The van der Waals surface area contributed by atoms with Gasteiger partial charge in [0.1, 0.15) is 28.5 Å². The van der Waals surface area contributed by atoms with Gasteiger partial charge in [-0.05, 0) is 37.3 Å². The molecular formula is C24H21F4N3O4. The first-order chi connectivity index (χ1) is 16.5. The van der Waals surface area contributed by atoms with Crippen molar-refractivity contribution in [2.24, 2.45) is 0 Å². The van der Waals surface area contributed by atoms with Crippen LogP contribution in [0.4, 0.5) is 17.6 Å². The van der Waals surface area contributed by atoms with Gasteiger partial charge in [0, 0.05) is 31.0 Å². The zero-order chi connectivity index (χ0) is 25.8. The average Bonchev–Trinajstić information content (AvgIpc) is 3.21. The molecule has 2 amide bonds. The van der Waals surface area contributed by atoms with Crippen LogP contribution in [-0.2, 0) is 19.3 Å². The van der Waals surface area contributed by atoms with E-state index in [0.717, 1.165) is 0 Å². The zero-order valence-corrected chi connectivity index (χ0v) is 18.5. The van der Waals surface area contributed by atoms with Crippen molar-refractivity contribution in [3.8, 4) is 0 Å². The molecule has 184 valence electrons. The first-order valence-electron chi connectivity index (χ1n) is 10.3. The number of hydrogen-bond acceptors (Lipinski definition) is 4. The first-order valence-corrected chi connectivity index (χ1v) is 10.3. The molecule has 0 fully saturated rings. The Morgan fingerprint density at radius 1 is 1.09 bits per heavy atom. The number of carbonyl (C=O) groups is 2. The van der Waals surface area contributed by atoms with Crippen LogP contribution in [0.2, 0.25) is 0 Å². The van der Waals surface area contributed by atoms with Gasteiger partial charge in [0.2, 0.25) is 5.43 Å². The number of benzene rings is 1. The van der Waals surface area contributed by atoms with Gasteiger partial charge in [-0.1, -0.05) is 6.08 Å². The number of aryl methyl sites for hydroxylation is 1. The Labute approximate surface area is 197 Å². The van der Waals surface area contributed by atoms with E-state index in [9.17, 15) is 31.9 Å². The number of halogens is 4. The highest BCUT2D eigenvalue weighted by atomic mass is 19.4. The van der Waals surface area contributed by atoms with E-state index in [1.54, 1.807) is 19.1 Å². The van der Waals surface area contributed by atoms with E-state index in [-0.39, 0.29) is 18.7 Å². The van der Waals surface area contributed by atoms with Crippen molar-refractivity contribution in [3.05, 3.63) is 105 Å². The molecule has 0 unspecified atom stereocenters. The number of nitrogens with one attached hydrogen (secondary N) is 2. The van der Waals surface area contributed by atoms with Crippen molar-refractivity contribution in [3.63, 3.8) is 0 Å². The Balaban J connectivity index is 1.92. The van der Waals surface area contributed by atoms with E-state index in [4.69, 9.17) is 4.42 Å². The highest BCUT2D eigenvalue weighted by Gasteiger charge is 2.31. The molecule has 3 aromatic rings. The average molecular weight is 491 g/mol.